The van der Waals surface area contributed by atoms with E-state index in [4.69, 9.17) is 19.7 Å². The lowest BCUT2D eigenvalue weighted by molar-refractivity contribution is -0.108. The van der Waals surface area contributed by atoms with E-state index in [1.54, 1.807) is 7.11 Å². The first kappa shape index (κ1) is 19.6. The van der Waals surface area contributed by atoms with Crippen LogP contribution in [0.5, 0.6) is 5.75 Å². The molecular weight excluding hydrogens is 382 g/mol. The van der Waals surface area contributed by atoms with Crippen LogP contribution in [0.3, 0.4) is 0 Å². The van der Waals surface area contributed by atoms with Gasteiger partial charge in [-0.3, -0.25) is 14.8 Å². The molecule has 11 nitrogen and oxygen atoms in total. The van der Waals surface area contributed by atoms with Gasteiger partial charge >= 0.3 is 0 Å². The Hall–Kier alpha value is -2.70. The number of aliphatic hydroxyl groups is 3. The minimum absolute atomic E-state index is 0.0483. The van der Waals surface area contributed by atoms with Gasteiger partial charge in [0.05, 0.1) is 20.0 Å². The van der Waals surface area contributed by atoms with Crippen molar-refractivity contribution in [2.75, 3.05) is 25.7 Å². The van der Waals surface area contributed by atoms with E-state index in [1.165, 1.54) is 16.0 Å². The van der Waals surface area contributed by atoms with Crippen molar-refractivity contribution in [1.82, 2.24) is 14.6 Å². The molecule has 0 amide bonds. The van der Waals surface area contributed by atoms with Crippen molar-refractivity contribution < 1.29 is 29.6 Å². The van der Waals surface area contributed by atoms with E-state index in [0.29, 0.717) is 11.5 Å². The Morgan fingerprint density at radius 1 is 1.34 bits per heavy atom. The van der Waals surface area contributed by atoms with Crippen LogP contribution in [0.2, 0.25) is 0 Å². The van der Waals surface area contributed by atoms with Gasteiger partial charge < -0.3 is 30.1 Å². The highest BCUT2D eigenvalue weighted by Gasteiger charge is 2.44. The molecule has 3 heterocycles. The molecule has 0 unspecified atom stereocenters. The molecule has 0 spiro atoms. The second-order valence-electron chi connectivity index (χ2n) is 6.76. The Morgan fingerprint density at radius 2 is 2.17 bits per heavy atom. The van der Waals surface area contributed by atoms with Crippen LogP contribution in [0, 0.1) is 5.41 Å². The van der Waals surface area contributed by atoms with Gasteiger partial charge in [-0.2, -0.15) is 0 Å². The molecule has 1 saturated heterocycles. The Labute approximate surface area is 166 Å². The summed E-state index contributed by atoms with van der Waals surface area (Å²) in [5, 5.41) is 42.3. The van der Waals surface area contributed by atoms with Gasteiger partial charge in [0.25, 0.3) is 0 Å². The number of aliphatic hydroxyl groups excluding tert-OH is 3. The SMILES string of the molecule is COc1cccc(CON2CNc3c(ncn3[C@@H]3O[C@H](CO)[C@@H](O)[C@H]3O)C2=N)c1. The molecule has 0 saturated carbocycles. The quantitative estimate of drug-likeness (QED) is 0.435. The number of nitrogens with zero attached hydrogens (tertiary/aromatic N) is 3. The van der Waals surface area contributed by atoms with Gasteiger partial charge in [0.1, 0.15) is 48.8 Å². The monoisotopic (exact) mass is 405 g/mol. The molecule has 4 rings (SSSR count). The van der Waals surface area contributed by atoms with Gasteiger partial charge in [-0.05, 0) is 17.7 Å². The summed E-state index contributed by atoms with van der Waals surface area (Å²) in [6.07, 6.45) is -2.85. The average molecular weight is 405 g/mol. The Kier molecular flexibility index (Phi) is 5.39. The summed E-state index contributed by atoms with van der Waals surface area (Å²) in [7, 11) is 1.59. The van der Waals surface area contributed by atoms with Crippen molar-refractivity contribution in [2.45, 2.75) is 31.1 Å². The van der Waals surface area contributed by atoms with Crippen molar-refractivity contribution in [3.05, 3.63) is 41.9 Å². The van der Waals surface area contributed by atoms with E-state index in [9.17, 15) is 15.3 Å². The third kappa shape index (κ3) is 3.54. The van der Waals surface area contributed by atoms with Gasteiger partial charge in [0.2, 0.25) is 0 Å². The van der Waals surface area contributed by atoms with Crippen LogP contribution in [0.4, 0.5) is 5.82 Å². The molecule has 2 aromatic rings. The smallest absolute Gasteiger partial charge is 0.176 e. The van der Waals surface area contributed by atoms with Crippen LogP contribution in [0.15, 0.2) is 30.6 Å². The fraction of sp³-hybridized carbons (Fsp3) is 0.444. The summed E-state index contributed by atoms with van der Waals surface area (Å²) < 4.78 is 12.2. The number of aromatic nitrogens is 2. The largest absolute Gasteiger partial charge is 0.497 e. The number of ether oxygens (including phenoxy) is 2. The zero-order valence-corrected chi connectivity index (χ0v) is 15.7. The molecule has 2 aliphatic heterocycles. The number of fused-ring (bicyclic) bond motifs is 1. The second kappa shape index (κ2) is 7.97. The van der Waals surface area contributed by atoms with Crippen LogP contribution >= 0.6 is 0 Å². The fourth-order valence-electron chi connectivity index (χ4n) is 3.38. The van der Waals surface area contributed by atoms with Crippen LogP contribution in [-0.4, -0.2) is 74.5 Å². The Morgan fingerprint density at radius 3 is 2.90 bits per heavy atom. The van der Waals surface area contributed by atoms with E-state index in [2.05, 4.69) is 10.3 Å². The maximum Gasteiger partial charge on any atom is 0.176 e. The first-order chi connectivity index (χ1) is 14.0. The van der Waals surface area contributed by atoms with Gasteiger partial charge in [-0.15, -0.1) is 0 Å². The van der Waals surface area contributed by atoms with Crippen LogP contribution in [0.25, 0.3) is 0 Å². The highest BCUT2D eigenvalue weighted by molar-refractivity contribution is 5.99. The van der Waals surface area contributed by atoms with Crippen molar-refractivity contribution in [3.63, 3.8) is 0 Å². The zero-order chi connectivity index (χ0) is 20.5. The van der Waals surface area contributed by atoms with E-state index in [-0.39, 0.29) is 19.1 Å². The van der Waals surface area contributed by atoms with E-state index in [1.807, 2.05) is 24.3 Å². The molecule has 5 N–H and O–H groups in total. The first-order valence-corrected chi connectivity index (χ1v) is 9.09. The molecule has 29 heavy (non-hydrogen) atoms. The third-order valence-electron chi connectivity index (χ3n) is 4.97. The Bertz CT molecular complexity index is 889. The van der Waals surface area contributed by atoms with Crippen molar-refractivity contribution >= 4 is 11.7 Å². The number of methoxy groups -OCH3 is 1. The summed E-state index contributed by atoms with van der Waals surface area (Å²) in [5.41, 5.74) is 1.21. The molecule has 1 aromatic heterocycles. The number of rotatable bonds is 6. The molecule has 0 bridgehead atoms. The summed E-state index contributed by atoms with van der Waals surface area (Å²) >= 11 is 0. The standard InChI is InChI=1S/C18H23N5O6/c1-27-11-4-2-3-10(5-11)7-28-23-9-21-17-13(16(23)19)20-8-22(17)18-15(26)14(25)12(6-24)29-18/h2-5,8,12,14-15,18-19,21,24-26H,6-7,9H2,1H3/t12-,14-,15-,18-/m1/s1. The molecular formula is C18H23N5O6. The summed E-state index contributed by atoms with van der Waals surface area (Å²) in [5.74, 6) is 1.23. The summed E-state index contributed by atoms with van der Waals surface area (Å²) in [4.78, 5) is 9.96. The van der Waals surface area contributed by atoms with Gasteiger partial charge in [0.15, 0.2) is 12.1 Å². The topological polar surface area (TPSA) is 145 Å². The highest BCUT2D eigenvalue weighted by atomic mass is 16.7. The van der Waals surface area contributed by atoms with Gasteiger partial charge in [0, 0.05) is 0 Å². The van der Waals surface area contributed by atoms with Crippen molar-refractivity contribution in [3.8, 4) is 5.75 Å². The molecule has 0 radical (unpaired) electrons. The van der Waals surface area contributed by atoms with Crippen LogP contribution in [0.1, 0.15) is 17.5 Å². The first-order valence-electron chi connectivity index (χ1n) is 9.09. The normalized spacial score (nSPS) is 26.3. The number of hydrogen-bond donors (Lipinski definition) is 5. The maximum absolute atomic E-state index is 10.2. The number of benzene rings is 1. The van der Waals surface area contributed by atoms with Crippen LogP contribution < -0.4 is 10.1 Å². The Balaban J connectivity index is 1.46. The average Bonchev–Trinajstić information content (AvgIpc) is 3.29. The molecule has 0 aliphatic carbocycles. The number of anilines is 1. The summed E-state index contributed by atoms with van der Waals surface area (Å²) in [6, 6.07) is 7.44. The van der Waals surface area contributed by atoms with Gasteiger partial charge in [-0.1, -0.05) is 12.1 Å². The molecule has 1 fully saturated rings. The predicted molar refractivity (Wildman–Crippen MR) is 100 cm³/mol. The lowest BCUT2D eigenvalue weighted by atomic mass is 10.1. The molecule has 4 atom stereocenters. The minimum atomic E-state index is -1.23. The predicted octanol–water partition coefficient (Wildman–Crippen LogP) is -0.355. The molecule has 156 valence electrons. The highest BCUT2D eigenvalue weighted by Crippen LogP contribution is 2.34. The minimum Gasteiger partial charge on any atom is -0.497 e. The number of imidazole rings is 1. The molecule has 1 aromatic carbocycles. The van der Waals surface area contributed by atoms with E-state index >= 15 is 0 Å². The number of nitrogens with one attached hydrogen (secondary N) is 2. The van der Waals surface area contributed by atoms with Gasteiger partial charge in [-0.25, -0.2) is 10.0 Å². The zero-order valence-electron chi connectivity index (χ0n) is 15.7. The molecule has 11 heteroatoms. The van der Waals surface area contributed by atoms with Crippen molar-refractivity contribution in [2.24, 2.45) is 0 Å². The van der Waals surface area contributed by atoms with Crippen molar-refractivity contribution in [1.29, 1.82) is 5.41 Å². The fourth-order valence-corrected chi connectivity index (χ4v) is 3.38. The third-order valence-corrected chi connectivity index (χ3v) is 4.97. The lowest BCUT2D eigenvalue weighted by Crippen LogP contribution is -2.41. The molecule has 2 aliphatic rings. The van der Waals surface area contributed by atoms with E-state index in [0.717, 1.165) is 11.3 Å². The summed E-state index contributed by atoms with van der Waals surface area (Å²) in [6.45, 7) is 0.00314. The number of hydrogen-bond acceptors (Lipinski definition) is 9. The van der Waals surface area contributed by atoms with Crippen LogP contribution in [-0.2, 0) is 16.2 Å². The van der Waals surface area contributed by atoms with E-state index < -0.39 is 31.1 Å². The lowest BCUT2D eigenvalue weighted by Gasteiger charge is -2.30. The number of hydroxylamine groups is 2. The number of amidine groups is 1. The maximum atomic E-state index is 10.2. The second-order valence-corrected chi connectivity index (χ2v) is 6.76.